The lowest BCUT2D eigenvalue weighted by Crippen LogP contribution is -2.56. The van der Waals surface area contributed by atoms with Gasteiger partial charge in [-0.05, 0) is 36.3 Å². The van der Waals surface area contributed by atoms with Crippen molar-refractivity contribution in [2.45, 2.75) is 38.1 Å². The predicted molar refractivity (Wildman–Crippen MR) is 106 cm³/mol. The standard InChI is InChI=1S/C19H22N2O3S2/c1-2-13-3-5-14(6-4-13)17-20-15(12-26-17)11-16(22)21-19(18(23)24)7-9-25-10-8-19/h3-6,12H,2,7-11H2,1H3,(H,21,22)(H,23,24). The lowest BCUT2D eigenvalue weighted by molar-refractivity contribution is -0.148. The first-order valence-corrected chi connectivity index (χ1v) is 10.7. The summed E-state index contributed by atoms with van der Waals surface area (Å²) >= 11 is 3.22. The van der Waals surface area contributed by atoms with E-state index in [1.807, 2.05) is 17.5 Å². The molecule has 0 radical (unpaired) electrons. The first-order valence-electron chi connectivity index (χ1n) is 8.68. The second-order valence-corrected chi connectivity index (χ2v) is 8.50. The Morgan fingerprint density at radius 3 is 2.54 bits per heavy atom. The van der Waals surface area contributed by atoms with E-state index in [1.54, 1.807) is 11.8 Å². The fourth-order valence-electron chi connectivity index (χ4n) is 2.99. The maximum absolute atomic E-state index is 12.4. The van der Waals surface area contributed by atoms with E-state index < -0.39 is 11.5 Å². The van der Waals surface area contributed by atoms with Crippen molar-refractivity contribution in [1.29, 1.82) is 0 Å². The van der Waals surface area contributed by atoms with E-state index in [0.717, 1.165) is 28.5 Å². The van der Waals surface area contributed by atoms with Crippen LogP contribution in [0.15, 0.2) is 29.6 Å². The summed E-state index contributed by atoms with van der Waals surface area (Å²) in [5.41, 5.74) is 1.85. The minimum atomic E-state index is -1.13. The number of rotatable bonds is 6. The van der Waals surface area contributed by atoms with Gasteiger partial charge < -0.3 is 10.4 Å². The molecule has 1 aromatic carbocycles. The largest absolute Gasteiger partial charge is 0.480 e. The maximum Gasteiger partial charge on any atom is 0.329 e. The molecule has 1 amide bonds. The van der Waals surface area contributed by atoms with Gasteiger partial charge in [-0.2, -0.15) is 11.8 Å². The Morgan fingerprint density at radius 1 is 1.23 bits per heavy atom. The first kappa shape index (κ1) is 18.9. The maximum atomic E-state index is 12.4. The van der Waals surface area contributed by atoms with Crippen molar-refractivity contribution in [3.63, 3.8) is 0 Å². The van der Waals surface area contributed by atoms with Gasteiger partial charge in [0.1, 0.15) is 10.5 Å². The zero-order valence-electron chi connectivity index (χ0n) is 14.7. The molecule has 2 N–H and O–H groups in total. The number of aromatic nitrogens is 1. The molecule has 0 unspecified atom stereocenters. The van der Waals surface area contributed by atoms with Gasteiger partial charge in [-0.3, -0.25) is 4.79 Å². The number of benzene rings is 1. The van der Waals surface area contributed by atoms with Crippen LogP contribution in [0.4, 0.5) is 0 Å². The molecule has 0 atom stereocenters. The number of nitrogens with zero attached hydrogens (tertiary/aromatic N) is 1. The van der Waals surface area contributed by atoms with Gasteiger partial charge in [-0.15, -0.1) is 11.3 Å². The molecule has 26 heavy (non-hydrogen) atoms. The zero-order valence-corrected chi connectivity index (χ0v) is 16.3. The summed E-state index contributed by atoms with van der Waals surface area (Å²) in [6.45, 7) is 2.12. The molecular formula is C19H22N2O3S2. The van der Waals surface area contributed by atoms with E-state index >= 15 is 0 Å². The molecular weight excluding hydrogens is 368 g/mol. The van der Waals surface area contributed by atoms with Crippen LogP contribution in [-0.4, -0.2) is 39.0 Å². The summed E-state index contributed by atoms with van der Waals surface area (Å²) < 4.78 is 0. The van der Waals surface area contributed by atoms with E-state index in [1.165, 1.54) is 16.9 Å². The number of amides is 1. The SMILES string of the molecule is CCc1ccc(-c2nc(CC(=O)NC3(C(=O)O)CCSCC3)cs2)cc1. The van der Waals surface area contributed by atoms with E-state index in [-0.39, 0.29) is 12.3 Å². The molecule has 3 rings (SSSR count). The third-order valence-corrected chi connectivity index (χ3v) is 6.56. The molecule has 0 saturated carbocycles. The number of nitrogens with one attached hydrogen (secondary N) is 1. The number of carbonyl (C=O) groups is 2. The fraction of sp³-hybridized carbons (Fsp3) is 0.421. The Morgan fingerprint density at radius 2 is 1.92 bits per heavy atom. The summed E-state index contributed by atoms with van der Waals surface area (Å²) in [7, 11) is 0. The Balaban J connectivity index is 1.66. The van der Waals surface area contributed by atoms with Gasteiger partial charge in [0.25, 0.3) is 0 Å². The Labute approximate surface area is 161 Å². The highest BCUT2D eigenvalue weighted by Crippen LogP contribution is 2.28. The summed E-state index contributed by atoms with van der Waals surface area (Å²) in [5.74, 6) is 0.279. The Hall–Kier alpha value is -1.86. The highest BCUT2D eigenvalue weighted by Gasteiger charge is 2.41. The fourth-order valence-corrected chi connectivity index (χ4v) is 5.01. The summed E-state index contributed by atoms with van der Waals surface area (Å²) in [4.78, 5) is 28.6. The smallest absolute Gasteiger partial charge is 0.329 e. The molecule has 2 heterocycles. The number of carboxylic acid groups (broad SMARTS) is 1. The number of hydrogen-bond donors (Lipinski definition) is 2. The summed E-state index contributed by atoms with van der Waals surface area (Å²) in [6.07, 6.45) is 2.02. The lowest BCUT2D eigenvalue weighted by Gasteiger charge is -2.33. The monoisotopic (exact) mass is 390 g/mol. The van der Waals surface area contributed by atoms with Crippen LogP contribution in [0.1, 0.15) is 31.0 Å². The van der Waals surface area contributed by atoms with Crippen LogP contribution in [0.25, 0.3) is 10.6 Å². The van der Waals surface area contributed by atoms with Gasteiger partial charge in [0.05, 0.1) is 12.1 Å². The van der Waals surface area contributed by atoms with Crippen molar-refractivity contribution >= 4 is 35.0 Å². The normalized spacial score (nSPS) is 16.2. The molecule has 7 heteroatoms. The second-order valence-electron chi connectivity index (χ2n) is 6.42. The van der Waals surface area contributed by atoms with Crippen LogP contribution in [0.3, 0.4) is 0 Å². The topological polar surface area (TPSA) is 79.3 Å². The average molecular weight is 391 g/mol. The molecule has 138 valence electrons. The molecule has 1 aliphatic heterocycles. The van der Waals surface area contributed by atoms with Crippen LogP contribution < -0.4 is 5.32 Å². The van der Waals surface area contributed by atoms with Gasteiger partial charge in [0.2, 0.25) is 5.91 Å². The number of thioether (sulfide) groups is 1. The van der Waals surface area contributed by atoms with Gasteiger partial charge in [0, 0.05) is 10.9 Å². The summed E-state index contributed by atoms with van der Waals surface area (Å²) in [5, 5.41) is 15.1. The van der Waals surface area contributed by atoms with E-state index in [0.29, 0.717) is 18.5 Å². The number of thiazole rings is 1. The average Bonchev–Trinajstić information content (AvgIpc) is 3.10. The van der Waals surface area contributed by atoms with Crippen LogP contribution >= 0.6 is 23.1 Å². The second kappa shape index (κ2) is 8.22. The Kier molecular flexibility index (Phi) is 5.98. The zero-order chi connectivity index (χ0) is 18.6. The molecule has 0 bridgehead atoms. The number of carboxylic acids is 1. The van der Waals surface area contributed by atoms with E-state index in [2.05, 4.69) is 29.4 Å². The number of aliphatic carboxylic acids is 1. The van der Waals surface area contributed by atoms with Crippen molar-refractivity contribution in [3.8, 4) is 10.6 Å². The lowest BCUT2D eigenvalue weighted by atomic mass is 9.92. The molecule has 1 aliphatic rings. The van der Waals surface area contributed by atoms with Gasteiger partial charge >= 0.3 is 5.97 Å². The predicted octanol–water partition coefficient (Wildman–Crippen LogP) is 3.38. The van der Waals surface area contributed by atoms with Crippen molar-refractivity contribution in [2.24, 2.45) is 0 Å². The van der Waals surface area contributed by atoms with Crippen LogP contribution in [-0.2, 0) is 22.4 Å². The third-order valence-electron chi connectivity index (χ3n) is 4.64. The van der Waals surface area contributed by atoms with Crippen molar-refractivity contribution in [2.75, 3.05) is 11.5 Å². The van der Waals surface area contributed by atoms with E-state index in [9.17, 15) is 14.7 Å². The summed E-state index contributed by atoms with van der Waals surface area (Å²) in [6, 6.07) is 8.25. The number of carbonyl (C=O) groups excluding carboxylic acids is 1. The first-order chi connectivity index (χ1) is 12.5. The highest BCUT2D eigenvalue weighted by atomic mass is 32.2. The molecule has 5 nitrogen and oxygen atoms in total. The van der Waals surface area contributed by atoms with Crippen LogP contribution in [0, 0.1) is 0 Å². The van der Waals surface area contributed by atoms with Crippen molar-refractivity contribution in [3.05, 3.63) is 40.9 Å². The van der Waals surface area contributed by atoms with Gasteiger partial charge in [-0.25, -0.2) is 9.78 Å². The van der Waals surface area contributed by atoms with Crippen molar-refractivity contribution < 1.29 is 14.7 Å². The van der Waals surface area contributed by atoms with Crippen LogP contribution in [0.5, 0.6) is 0 Å². The van der Waals surface area contributed by atoms with Gasteiger partial charge in [-0.1, -0.05) is 31.2 Å². The molecule has 1 saturated heterocycles. The van der Waals surface area contributed by atoms with E-state index in [4.69, 9.17) is 0 Å². The molecule has 0 aliphatic carbocycles. The number of hydrogen-bond acceptors (Lipinski definition) is 5. The van der Waals surface area contributed by atoms with Gasteiger partial charge in [0.15, 0.2) is 0 Å². The molecule has 1 aromatic heterocycles. The molecule has 1 fully saturated rings. The minimum Gasteiger partial charge on any atom is -0.480 e. The highest BCUT2D eigenvalue weighted by molar-refractivity contribution is 7.99. The minimum absolute atomic E-state index is 0.103. The quantitative estimate of drug-likeness (QED) is 0.790. The van der Waals surface area contributed by atoms with Crippen molar-refractivity contribution in [1.82, 2.24) is 10.3 Å². The molecule has 0 spiro atoms. The third kappa shape index (κ3) is 4.27. The molecule has 2 aromatic rings. The number of aryl methyl sites for hydroxylation is 1. The van der Waals surface area contributed by atoms with Crippen LogP contribution in [0.2, 0.25) is 0 Å². The Bertz CT molecular complexity index is 780.